The fraction of sp³-hybridized carbons (Fsp3) is 0.571. The third-order valence-electron chi connectivity index (χ3n) is 1.98. The number of aromatic nitrogens is 2. The predicted octanol–water partition coefficient (Wildman–Crippen LogP) is 1.45. The largest absolute Gasteiger partial charge is 0.334 e. The number of rotatable bonds is 3. The Balaban J connectivity index is 2.05. The maximum Gasteiger partial charge on any atom is 0.242 e. The highest BCUT2D eigenvalue weighted by atomic mass is 35.7. The van der Waals surface area contributed by atoms with E-state index in [1.165, 1.54) is 0 Å². The molecule has 0 amide bonds. The van der Waals surface area contributed by atoms with Crippen LogP contribution in [0.15, 0.2) is 11.2 Å². The Morgan fingerprint density at radius 2 is 2.43 bits per heavy atom. The third kappa shape index (κ3) is 2.43. The molecular weight excluding hydrogens is 244 g/mol. The lowest BCUT2D eigenvalue weighted by Gasteiger charge is -1.93. The van der Waals surface area contributed by atoms with Gasteiger partial charge in [0.25, 0.3) is 0 Å². The molecule has 7 heteroatoms. The topological polar surface area (TPSA) is 52.0 Å². The molecule has 1 aromatic rings. The summed E-state index contributed by atoms with van der Waals surface area (Å²) in [6.07, 6.45) is 3.99. The molecule has 0 saturated carbocycles. The minimum absolute atomic E-state index is 0.120. The van der Waals surface area contributed by atoms with E-state index in [0.717, 1.165) is 42.0 Å². The van der Waals surface area contributed by atoms with Gasteiger partial charge in [-0.2, -0.15) is 0 Å². The van der Waals surface area contributed by atoms with E-state index in [0.29, 0.717) is 0 Å². The number of imidazole rings is 1. The van der Waals surface area contributed by atoms with E-state index in [4.69, 9.17) is 10.7 Å². The Labute approximate surface area is 91.1 Å². The van der Waals surface area contributed by atoms with Gasteiger partial charge in [0.1, 0.15) is 15.9 Å². The summed E-state index contributed by atoms with van der Waals surface area (Å²) in [7, 11) is 1.67. The molecule has 14 heavy (non-hydrogen) atoms. The van der Waals surface area contributed by atoms with Crippen LogP contribution in [0.1, 0.15) is 12.2 Å². The predicted molar refractivity (Wildman–Crippen MR) is 56.0 cm³/mol. The first kappa shape index (κ1) is 10.3. The Kier molecular flexibility index (Phi) is 2.77. The summed E-state index contributed by atoms with van der Waals surface area (Å²) in [6.45, 7) is 0.983. The highest BCUT2D eigenvalue weighted by molar-refractivity contribution is 8.23. The van der Waals surface area contributed by atoms with Crippen molar-refractivity contribution < 1.29 is 8.42 Å². The van der Waals surface area contributed by atoms with Gasteiger partial charge in [-0.3, -0.25) is 0 Å². The van der Waals surface area contributed by atoms with Crippen molar-refractivity contribution in [3.63, 3.8) is 0 Å². The first-order valence-corrected chi connectivity index (χ1v) is 7.62. The molecule has 0 fully saturated rings. The van der Waals surface area contributed by atoms with Crippen molar-refractivity contribution in [3.8, 4) is 0 Å². The summed E-state index contributed by atoms with van der Waals surface area (Å²) >= 11 is 1.16. The van der Waals surface area contributed by atoms with Gasteiger partial charge < -0.3 is 4.57 Å². The number of thioether (sulfide) groups is 1. The van der Waals surface area contributed by atoms with Gasteiger partial charge >= 0.3 is 0 Å². The van der Waals surface area contributed by atoms with Gasteiger partial charge in [0.15, 0.2) is 0 Å². The summed E-state index contributed by atoms with van der Waals surface area (Å²) in [5.74, 6) is 1.04. The quantitative estimate of drug-likeness (QED) is 0.604. The molecule has 0 radical (unpaired) electrons. The summed E-state index contributed by atoms with van der Waals surface area (Å²) < 4.78 is 23.4. The molecule has 0 aromatic carbocycles. The van der Waals surface area contributed by atoms with E-state index < -0.39 is 9.05 Å². The number of fused-ring (bicyclic) bond motifs is 1. The smallest absolute Gasteiger partial charge is 0.242 e. The molecule has 0 aliphatic carbocycles. The van der Waals surface area contributed by atoms with E-state index in [1.807, 2.05) is 6.20 Å². The minimum Gasteiger partial charge on any atom is -0.334 e. The fourth-order valence-electron chi connectivity index (χ4n) is 1.43. The van der Waals surface area contributed by atoms with Gasteiger partial charge in [-0.1, -0.05) is 11.8 Å². The van der Waals surface area contributed by atoms with E-state index in [1.54, 1.807) is 0 Å². The van der Waals surface area contributed by atoms with Crippen molar-refractivity contribution in [1.82, 2.24) is 9.55 Å². The Hall–Kier alpha value is -0.200. The maximum absolute atomic E-state index is 10.7. The van der Waals surface area contributed by atoms with E-state index >= 15 is 0 Å². The summed E-state index contributed by atoms with van der Waals surface area (Å²) in [5.41, 5.74) is 0. The monoisotopic (exact) mass is 252 g/mol. The van der Waals surface area contributed by atoms with Gasteiger partial charge in [-0.25, -0.2) is 13.4 Å². The summed E-state index contributed by atoms with van der Waals surface area (Å²) in [6, 6.07) is 0. The second-order valence-corrected chi connectivity index (χ2v) is 7.23. The van der Waals surface area contributed by atoms with E-state index in [9.17, 15) is 8.42 Å². The number of aryl methyl sites for hydroxylation is 2. The molecule has 0 saturated heterocycles. The number of hydrogen-bond donors (Lipinski definition) is 0. The maximum atomic E-state index is 10.7. The van der Waals surface area contributed by atoms with Crippen LogP contribution in [-0.2, 0) is 22.0 Å². The fourth-order valence-corrected chi connectivity index (χ4v) is 3.25. The van der Waals surface area contributed by atoms with Crippen LogP contribution >= 0.6 is 22.4 Å². The molecule has 1 aromatic heterocycles. The number of halogens is 1. The first-order valence-electron chi connectivity index (χ1n) is 4.16. The zero-order chi connectivity index (χ0) is 10.2. The molecule has 1 aliphatic rings. The average molecular weight is 253 g/mol. The molecule has 0 unspecified atom stereocenters. The minimum atomic E-state index is -3.43. The summed E-state index contributed by atoms with van der Waals surface area (Å²) in [4.78, 5) is 4.30. The highest BCUT2D eigenvalue weighted by Gasteiger charge is 2.15. The van der Waals surface area contributed by atoms with Crippen LogP contribution < -0.4 is 0 Å². The Morgan fingerprint density at radius 1 is 1.64 bits per heavy atom. The van der Waals surface area contributed by atoms with Crippen molar-refractivity contribution in [1.29, 1.82) is 0 Å². The zero-order valence-electron chi connectivity index (χ0n) is 7.31. The van der Waals surface area contributed by atoms with Crippen LogP contribution in [0.4, 0.5) is 0 Å². The molecule has 78 valence electrons. The lowest BCUT2D eigenvalue weighted by Crippen LogP contribution is -1.91. The SMILES string of the molecule is O=S(=O)(Cl)CSc1cn2c(n1)CCC2. The van der Waals surface area contributed by atoms with Crippen LogP contribution in [0.25, 0.3) is 0 Å². The molecule has 2 heterocycles. The molecule has 0 atom stereocenters. The second-order valence-electron chi connectivity index (χ2n) is 3.09. The molecule has 2 rings (SSSR count). The second kappa shape index (κ2) is 3.75. The van der Waals surface area contributed by atoms with Gasteiger partial charge in [0.2, 0.25) is 9.05 Å². The lowest BCUT2D eigenvalue weighted by molar-refractivity contribution is 0.614. The highest BCUT2D eigenvalue weighted by Crippen LogP contribution is 2.23. The molecule has 0 spiro atoms. The molecule has 0 N–H and O–H groups in total. The third-order valence-corrected chi connectivity index (χ3v) is 4.88. The van der Waals surface area contributed by atoms with E-state index in [-0.39, 0.29) is 5.08 Å². The molecular formula is C7H9ClN2O2S2. The van der Waals surface area contributed by atoms with E-state index in [2.05, 4.69) is 9.55 Å². The van der Waals surface area contributed by atoms with Crippen LogP contribution in [0.2, 0.25) is 0 Å². The average Bonchev–Trinajstić information content (AvgIpc) is 2.56. The Morgan fingerprint density at radius 3 is 3.07 bits per heavy atom. The van der Waals surface area contributed by atoms with Gasteiger partial charge in [-0.05, 0) is 6.42 Å². The number of hydrogen-bond acceptors (Lipinski definition) is 4. The van der Waals surface area contributed by atoms with Crippen molar-refractivity contribution in [2.75, 3.05) is 5.08 Å². The first-order chi connectivity index (χ1) is 6.54. The van der Waals surface area contributed by atoms with Crippen molar-refractivity contribution in [2.45, 2.75) is 24.4 Å². The van der Waals surface area contributed by atoms with Gasteiger partial charge in [0, 0.05) is 29.8 Å². The van der Waals surface area contributed by atoms with Crippen LogP contribution in [-0.4, -0.2) is 23.1 Å². The molecule has 0 bridgehead atoms. The Bertz CT molecular complexity index is 419. The summed E-state index contributed by atoms with van der Waals surface area (Å²) in [5, 5.41) is 0.620. The van der Waals surface area contributed by atoms with Crippen molar-refractivity contribution in [2.24, 2.45) is 0 Å². The molecule has 1 aliphatic heterocycles. The van der Waals surface area contributed by atoms with Gasteiger partial charge in [-0.15, -0.1) is 0 Å². The normalized spacial score (nSPS) is 15.8. The van der Waals surface area contributed by atoms with Crippen molar-refractivity contribution in [3.05, 3.63) is 12.0 Å². The standard InChI is InChI=1S/C7H9ClN2O2S2/c8-14(11,12)5-13-7-4-10-3-1-2-6(10)9-7/h4H,1-3,5H2. The zero-order valence-corrected chi connectivity index (χ0v) is 9.70. The van der Waals surface area contributed by atoms with Gasteiger partial charge in [0.05, 0.1) is 0 Å². The molecule has 4 nitrogen and oxygen atoms in total. The van der Waals surface area contributed by atoms with Crippen molar-refractivity contribution >= 4 is 31.5 Å². The van der Waals surface area contributed by atoms with Crippen LogP contribution in [0.5, 0.6) is 0 Å². The lowest BCUT2D eigenvalue weighted by atomic mass is 10.4. The van der Waals surface area contributed by atoms with Crippen LogP contribution in [0.3, 0.4) is 0 Å². The van der Waals surface area contributed by atoms with Crippen LogP contribution in [0, 0.1) is 0 Å². The number of nitrogens with zero attached hydrogens (tertiary/aromatic N) is 2.